The molecule has 1 heterocycles. The van der Waals surface area contributed by atoms with Crippen LogP contribution < -0.4 is 5.32 Å². The van der Waals surface area contributed by atoms with Gasteiger partial charge in [0.15, 0.2) is 0 Å². The van der Waals surface area contributed by atoms with Crippen LogP contribution in [0.25, 0.3) is 0 Å². The van der Waals surface area contributed by atoms with Crippen molar-refractivity contribution in [3.63, 3.8) is 0 Å². The largest absolute Gasteiger partial charge is 0.394 e. The summed E-state index contributed by atoms with van der Waals surface area (Å²) < 4.78 is 5.39. The molecule has 1 amide bonds. The molecule has 2 atom stereocenters. The quantitative estimate of drug-likeness (QED) is 0.646. The minimum Gasteiger partial charge on any atom is -0.394 e. The highest BCUT2D eigenvalue weighted by molar-refractivity contribution is 5.77. The molecule has 1 aliphatic heterocycles. The lowest BCUT2D eigenvalue weighted by molar-refractivity contribution is -0.127. The molecule has 1 fully saturated rings. The first-order chi connectivity index (χ1) is 7.17. The number of likely N-dealkylation sites (N-methyl/N-ethyl adjacent to an activating group) is 1. The van der Waals surface area contributed by atoms with E-state index < -0.39 is 0 Å². The predicted molar refractivity (Wildman–Crippen MR) is 56.5 cm³/mol. The fraction of sp³-hybridized carbons (Fsp3) is 0.900. The summed E-state index contributed by atoms with van der Waals surface area (Å²) in [6.07, 6.45) is -0.157. The van der Waals surface area contributed by atoms with Crippen LogP contribution in [0, 0.1) is 0 Å². The zero-order valence-corrected chi connectivity index (χ0v) is 9.40. The molecule has 0 aromatic carbocycles. The van der Waals surface area contributed by atoms with E-state index in [0.717, 1.165) is 0 Å². The van der Waals surface area contributed by atoms with E-state index >= 15 is 0 Å². The van der Waals surface area contributed by atoms with Crippen molar-refractivity contribution in [3.05, 3.63) is 0 Å². The van der Waals surface area contributed by atoms with Crippen molar-refractivity contribution >= 4 is 5.91 Å². The molecule has 1 saturated heterocycles. The number of carbonyl (C=O) groups excluding carboxylic acids is 1. The first-order valence-electron chi connectivity index (χ1n) is 5.40. The van der Waals surface area contributed by atoms with Crippen LogP contribution in [0.3, 0.4) is 0 Å². The molecule has 0 aromatic heterocycles. The van der Waals surface area contributed by atoms with E-state index in [0.29, 0.717) is 26.2 Å². The van der Waals surface area contributed by atoms with Crippen molar-refractivity contribution in [1.82, 2.24) is 10.2 Å². The number of ether oxygens (including phenoxy) is 1. The van der Waals surface area contributed by atoms with Gasteiger partial charge < -0.3 is 15.2 Å². The predicted octanol–water partition coefficient (Wildman–Crippen LogP) is -0.796. The smallest absolute Gasteiger partial charge is 0.234 e. The summed E-state index contributed by atoms with van der Waals surface area (Å²) in [6, 6.07) is 0.232. The first kappa shape index (κ1) is 12.4. The zero-order valence-electron chi connectivity index (χ0n) is 9.40. The van der Waals surface area contributed by atoms with E-state index in [4.69, 9.17) is 9.84 Å². The summed E-state index contributed by atoms with van der Waals surface area (Å²) in [5, 5.41) is 11.7. The molecular weight excluding hydrogens is 196 g/mol. The van der Waals surface area contributed by atoms with Crippen LogP contribution in [0.4, 0.5) is 0 Å². The van der Waals surface area contributed by atoms with Crippen molar-refractivity contribution in [1.29, 1.82) is 0 Å². The molecule has 1 rings (SSSR count). The summed E-state index contributed by atoms with van der Waals surface area (Å²) >= 11 is 0. The van der Waals surface area contributed by atoms with Gasteiger partial charge in [-0.2, -0.15) is 0 Å². The third-order valence-corrected chi connectivity index (χ3v) is 2.56. The van der Waals surface area contributed by atoms with Crippen molar-refractivity contribution < 1.29 is 14.6 Å². The van der Waals surface area contributed by atoms with Gasteiger partial charge >= 0.3 is 0 Å². The van der Waals surface area contributed by atoms with Gasteiger partial charge in [0.1, 0.15) is 0 Å². The van der Waals surface area contributed by atoms with E-state index in [1.54, 1.807) is 0 Å². The van der Waals surface area contributed by atoms with Gasteiger partial charge in [-0.25, -0.2) is 0 Å². The normalized spacial score (nSPS) is 27.7. The molecule has 0 aromatic rings. The second-order valence-corrected chi connectivity index (χ2v) is 3.87. The van der Waals surface area contributed by atoms with Crippen LogP contribution in [0.2, 0.25) is 0 Å². The lowest BCUT2D eigenvalue weighted by Gasteiger charge is -2.36. The lowest BCUT2D eigenvalue weighted by Crippen LogP contribution is -2.52. The molecule has 2 N–H and O–H groups in total. The lowest BCUT2D eigenvalue weighted by atomic mass is 10.2. The summed E-state index contributed by atoms with van der Waals surface area (Å²) in [4.78, 5) is 13.4. The molecule has 5 nitrogen and oxygen atoms in total. The Kier molecular flexibility index (Phi) is 5.01. The second-order valence-electron chi connectivity index (χ2n) is 3.87. The summed E-state index contributed by atoms with van der Waals surface area (Å²) in [7, 11) is 0. The Morgan fingerprint density at radius 1 is 1.67 bits per heavy atom. The van der Waals surface area contributed by atoms with Crippen molar-refractivity contribution in [2.75, 3.05) is 32.8 Å². The molecule has 0 aliphatic carbocycles. The molecule has 2 unspecified atom stereocenters. The second kappa shape index (κ2) is 6.05. The maximum Gasteiger partial charge on any atom is 0.234 e. The third kappa shape index (κ3) is 3.77. The van der Waals surface area contributed by atoms with Gasteiger partial charge in [-0.05, 0) is 13.8 Å². The molecular formula is C10H20N2O3. The van der Waals surface area contributed by atoms with Crippen LogP contribution in [-0.2, 0) is 9.53 Å². The Hall–Kier alpha value is -0.650. The van der Waals surface area contributed by atoms with Gasteiger partial charge in [0.25, 0.3) is 0 Å². The molecule has 0 radical (unpaired) electrons. The van der Waals surface area contributed by atoms with Crippen LogP contribution in [-0.4, -0.2) is 60.9 Å². The minimum atomic E-state index is -0.157. The monoisotopic (exact) mass is 216 g/mol. The number of aliphatic hydroxyl groups excluding tert-OH is 1. The molecule has 0 saturated carbocycles. The molecule has 0 bridgehead atoms. The highest BCUT2D eigenvalue weighted by Gasteiger charge is 2.26. The standard InChI is InChI=1S/C10H20N2O3/c1-3-11-10(14)5-12-4-9(6-13)15-7-8(12)2/h8-9,13H,3-7H2,1-2H3,(H,11,14). The number of aliphatic hydroxyl groups is 1. The third-order valence-electron chi connectivity index (χ3n) is 2.56. The average molecular weight is 216 g/mol. The fourth-order valence-electron chi connectivity index (χ4n) is 1.64. The highest BCUT2D eigenvalue weighted by atomic mass is 16.5. The summed E-state index contributed by atoms with van der Waals surface area (Å²) in [6.45, 7) is 6.16. The van der Waals surface area contributed by atoms with E-state index in [1.807, 2.05) is 18.7 Å². The molecule has 88 valence electrons. The molecule has 5 heteroatoms. The van der Waals surface area contributed by atoms with Crippen LogP contribution in [0.1, 0.15) is 13.8 Å². The average Bonchev–Trinajstić information content (AvgIpc) is 2.21. The van der Waals surface area contributed by atoms with Gasteiger partial charge in [0, 0.05) is 19.1 Å². The molecule has 1 aliphatic rings. The van der Waals surface area contributed by atoms with E-state index in [-0.39, 0.29) is 24.7 Å². The number of rotatable bonds is 4. The molecule has 0 spiro atoms. The number of morpholine rings is 1. The van der Waals surface area contributed by atoms with E-state index in [1.165, 1.54) is 0 Å². The first-order valence-corrected chi connectivity index (χ1v) is 5.40. The summed E-state index contributed by atoms with van der Waals surface area (Å²) in [5.41, 5.74) is 0. The number of hydrogen-bond donors (Lipinski definition) is 2. The summed E-state index contributed by atoms with van der Waals surface area (Å²) in [5.74, 6) is 0.0305. The zero-order chi connectivity index (χ0) is 11.3. The van der Waals surface area contributed by atoms with Crippen molar-refractivity contribution in [3.8, 4) is 0 Å². The fourth-order valence-corrected chi connectivity index (χ4v) is 1.64. The maximum atomic E-state index is 11.4. The van der Waals surface area contributed by atoms with Crippen molar-refractivity contribution in [2.24, 2.45) is 0 Å². The maximum absolute atomic E-state index is 11.4. The van der Waals surface area contributed by atoms with E-state index in [9.17, 15) is 4.79 Å². The van der Waals surface area contributed by atoms with Gasteiger partial charge in [0.2, 0.25) is 5.91 Å². The van der Waals surface area contributed by atoms with Crippen molar-refractivity contribution in [2.45, 2.75) is 26.0 Å². The number of carbonyl (C=O) groups is 1. The number of hydrogen-bond acceptors (Lipinski definition) is 4. The SMILES string of the molecule is CCNC(=O)CN1CC(CO)OCC1C. The van der Waals surface area contributed by atoms with Crippen LogP contribution >= 0.6 is 0 Å². The van der Waals surface area contributed by atoms with Crippen LogP contribution in [0.5, 0.6) is 0 Å². The molecule has 15 heavy (non-hydrogen) atoms. The Morgan fingerprint density at radius 2 is 2.40 bits per heavy atom. The number of nitrogens with one attached hydrogen (secondary N) is 1. The van der Waals surface area contributed by atoms with Gasteiger partial charge in [-0.3, -0.25) is 9.69 Å². The van der Waals surface area contributed by atoms with Gasteiger partial charge in [0.05, 0.1) is 25.9 Å². The Labute approximate surface area is 90.4 Å². The highest BCUT2D eigenvalue weighted by Crippen LogP contribution is 2.10. The van der Waals surface area contributed by atoms with Gasteiger partial charge in [-0.15, -0.1) is 0 Å². The number of amides is 1. The Morgan fingerprint density at radius 3 is 3.00 bits per heavy atom. The Balaban J connectivity index is 2.40. The van der Waals surface area contributed by atoms with Crippen LogP contribution in [0.15, 0.2) is 0 Å². The van der Waals surface area contributed by atoms with Gasteiger partial charge in [-0.1, -0.05) is 0 Å². The number of nitrogens with zero attached hydrogens (tertiary/aromatic N) is 1. The topological polar surface area (TPSA) is 61.8 Å². The Bertz CT molecular complexity index is 211. The van der Waals surface area contributed by atoms with E-state index in [2.05, 4.69) is 5.32 Å². The minimum absolute atomic E-state index is 0.0125.